The summed E-state index contributed by atoms with van der Waals surface area (Å²) in [5, 5.41) is 4.76. The number of sulfone groups is 1. The SMILES string of the molecule is CC1Sc2ccc(S(=O)(=O)C(C)CC(=O)NC3CCCCCCC3)cc2NC1=O. The van der Waals surface area contributed by atoms with Gasteiger partial charge in [0.15, 0.2) is 9.84 Å². The number of carbonyl (C=O) groups excluding carboxylic acids is 2. The van der Waals surface area contributed by atoms with Crippen LogP contribution in [0, 0.1) is 0 Å². The van der Waals surface area contributed by atoms with Crippen molar-refractivity contribution >= 4 is 39.1 Å². The molecule has 0 saturated heterocycles. The van der Waals surface area contributed by atoms with Gasteiger partial charge in [-0.05, 0) is 44.9 Å². The van der Waals surface area contributed by atoms with Crippen LogP contribution >= 0.6 is 11.8 Å². The molecule has 0 radical (unpaired) electrons. The lowest BCUT2D eigenvalue weighted by atomic mass is 9.96. The maximum atomic E-state index is 13.0. The van der Waals surface area contributed by atoms with Crippen molar-refractivity contribution in [1.29, 1.82) is 0 Å². The summed E-state index contributed by atoms with van der Waals surface area (Å²) in [7, 11) is -3.67. The molecular weight excluding hydrogens is 408 g/mol. The zero-order valence-electron chi connectivity index (χ0n) is 17.1. The standard InChI is InChI=1S/C21H30N2O4S2/c1-14(12-20(24)22-16-8-6-4-3-5-7-9-16)29(26,27)17-10-11-19-18(13-17)23-21(25)15(2)28-19/h10-11,13-16H,3-9,12H2,1-2H3,(H,22,24)(H,23,25). The first kappa shape index (κ1) is 22.2. The predicted molar refractivity (Wildman–Crippen MR) is 116 cm³/mol. The number of amides is 2. The van der Waals surface area contributed by atoms with Gasteiger partial charge in [0.25, 0.3) is 0 Å². The van der Waals surface area contributed by atoms with Crippen LogP contribution in [0.1, 0.15) is 65.2 Å². The van der Waals surface area contributed by atoms with Gasteiger partial charge in [-0.25, -0.2) is 8.42 Å². The van der Waals surface area contributed by atoms with Gasteiger partial charge >= 0.3 is 0 Å². The number of anilines is 1. The molecule has 29 heavy (non-hydrogen) atoms. The predicted octanol–water partition coefficient (Wildman–Crippen LogP) is 3.90. The summed E-state index contributed by atoms with van der Waals surface area (Å²) < 4.78 is 26.0. The fourth-order valence-corrected chi connectivity index (χ4v) is 6.16. The summed E-state index contributed by atoms with van der Waals surface area (Å²) in [6.45, 7) is 3.38. The first-order chi connectivity index (χ1) is 13.8. The summed E-state index contributed by atoms with van der Waals surface area (Å²) >= 11 is 1.41. The van der Waals surface area contributed by atoms with Crippen LogP contribution in [0.4, 0.5) is 5.69 Å². The molecule has 1 aliphatic heterocycles. The van der Waals surface area contributed by atoms with E-state index in [4.69, 9.17) is 0 Å². The van der Waals surface area contributed by atoms with E-state index >= 15 is 0 Å². The van der Waals surface area contributed by atoms with Crippen molar-refractivity contribution in [2.24, 2.45) is 0 Å². The molecule has 1 aliphatic carbocycles. The van der Waals surface area contributed by atoms with Crippen molar-refractivity contribution in [2.75, 3.05) is 5.32 Å². The first-order valence-corrected chi connectivity index (χ1v) is 12.8. The second-order valence-electron chi connectivity index (χ2n) is 8.08. The van der Waals surface area contributed by atoms with Gasteiger partial charge in [0, 0.05) is 17.4 Å². The fraction of sp³-hybridized carbons (Fsp3) is 0.619. The molecule has 0 bridgehead atoms. The summed E-state index contributed by atoms with van der Waals surface area (Å²) in [4.78, 5) is 25.4. The van der Waals surface area contributed by atoms with Crippen LogP contribution in [-0.2, 0) is 19.4 Å². The topological polar surface area (TPSA) is 92.3 Å². The highest BCUT2D eigenvalue weighted by Gasteiger charge is 2.29. The minimum atomic E-state index is -3.67. The Morgan fingerprint density at radius 3 is 2.55 bits per heavy atom. The monoisotopic (exact) mass is 438 g/mol. The number of nitrogens with one attached hydrogen (secondary N) is 2. The van der Waals surface area contributed by atoms with Crippen LogP contribution in [0.3, 0.4) is 0 Å². The van der Waals surface area contributed by atoms with Crippen molar-refractivity contribution in [3.63, 3.8) is 0 Å². The molecule has 8 heteroatoms. The van der Waals surface area contributed by atoms with Gasteiger partial charge in [-0.2, -0.15) is 0 Å². The Labute approximate surface area is 177 Å². The van der Waals surface area contributed by atoms with Crippen molar-refractivity contribution in [1.82, 2.24) is 5.32 Å². The molecule has 0 aromatic heterocycles. The summed E-state index contributed by atoms with van der Waals surface area (Å²) in [6.07, 6.45) is 7.74. The molecule has 1 aromatic carbocycles. The highest BCUT2D eigenvalue weighted by molar-refractivity contribution is 8.01. The molecule has 2 unspecified atom stereocenters. The zero-order valence-corrected chi connectivity index (χ0v) is 18.7. The molecular formula is C21H30N2O4S2. The molecule has 1 aromatic rings. The quantitative estimate of drug-likeness (QED) is 0.727. The van der Waals surface area contributed by atoms with Crippen LogP contribution in [0.5, 0.6) is 0 Å². The van der Waals surface area contributed by atoms with Crippen molar-refractivity contribution in [2.45, 2.75) is 91.5 Å². The highest BCUT2D eigenvalue weighted by Crippen LogP contribution is 2.37. The Morgan fingerprint density at radius 2 is 1.86 bits per heavy atom. The zero-order chi connectivity index (χ0) is 21.0. The smallest absolute Gasteiger partial charge is 0.237 e. The second-order valence-corrected chi connectivity index (χ2v) is 11.8. The summed E-state index contributed by atoms with van der Waals surface area (Å²) in [5.74, 6) is -0.342. The van der Waals surface area contributed by atoms with Gasteiger partial charge in [-0.1, -0.05) is 32.1 Å². The third-order valence-corrected chi connectivity index (χ3v) is 9.00. The van der Waals surface area contributed by atoms with Crippen molar-refractivity contribution in [3.8, 4) is 0 Å². The van der Waals surface area contributed by atoms with E-state index in [0.717, 1.165) is 30.6 Å². The van der Waals surface area contributed by atoms with Crippen LogP contribution in [0.2, 0.25) is 0 Å². The maximum Gasteiger partial charge on any atom is 0.237 e. The Kier molecular flexibility index (Phi) is 7.27. The van der Waals surface area contributed by atoms with E-state index in [1.807, 2.05) is 6.92 Å². The lowest BCUT2D eigenvalue weighted by molar-refractivity contribution is -0.122. The molecule has 2 atom stereocenters. The minimum Gasteiger partial charge on any atom is -0.353 e. The van der Waals surface area contributed by atoms with Gasteiger partial charge in [0.05, 0.1) is 21.1 Å². The van der Waals surface area contributed by atoms with Gasteiger partial charge in [-0.15, -0.1) is 11.8 Å². The third kappa shape index (κ3) is 5.54. The van der Waals surface area contributed by atoms with Crippen LogP contribution < -0.4 is 10.6 Å². The lowest BCUT2D eigenvalue weighted by Crippen LogP contribution is -2.37. The Balaban J connectivity index is 1.65. The third-order valence-electron chi connectivity index (χ3n) is 5.68. The average Bonchev–Trinajstić information content (AvgIpc) is 2.64. The highest BCUT2D eigenvalue weighted by atomic mass is 32.2. The number of thioether (sulfide) groups is 1. The van der Waals surface area contributed by atoms with Crippen LogP contribution in [0.25, 0.3) is 0 Å². The van der Waals surface area contributed by atoms with E-state index in [2.05, 4.69) is 10.6 Å². The molecule has 2 amide bonds. The molecule has 6 nitrogen and oxygen atoms in total. The maximum absolute atomic E-state index is 13.0. The fourth-order valence-electron chi connectivity index (χ4n) is 3.86. The number of hydrogen-bond acceptors (Lipinski definition) is 5. The normalized spacial score (nSPS) is 22.0. The summed E-state index contributed by atoms with van der Waals surface area (Å²) in [6, 6.07) is 4.94. The Bertz CT molecular complexity index is 861. The van der Waals surface area contributed by atoms with E-state index in [1.165, 1.54) is 37.1 Å². The van der Waals surface area contributed by atoms with Crippen LogP contribution in [0.15, 0.2) is 28.0 Å². The molecule has 2 aliphatic rings. The lowest BCUT2D eigenvalue weighted by Gasteiger charge is -2.23. The largest absolute Gasteiger partial charge is 0.353 e. The van der Waals surface area contributed by atoms with Crippen molar-refractivity contribution in [3.05, 3.63) is 18.2 Å². The molecule has 0 spiro atoms. The average molecular weight is 439 g/mol. The Hall–Kier alpha value is -1.54. The number of carbonyl (C=O) groups is 2. The number of benzene rings is 1. The van der Waals surface area contributed by atoms with E-state index in [0.29, 0.717) is 5.69 Å². The Morgan fingerprint density at radius 1 is 1.21 bits per heavy atom. The van der Waals surface area contributed by atoms with Gasteiger partial charge in [-0.3, -0.25) is 9.59 Å². The van der Waals surface area contributed by atoms with E-state index in [1.54, 1.807) is 19.1 Å². The molecule has 3 rings (SSSR count). The van der Waals surface area contributed by atoms with Gasteiger partial charge in [0.2, 0.25) is 11.8 Å². The number of rotatable bonds is 5. The van der Waals surface area contributed by atoms with Gasteiger partial charge in [0.1, 0.15) is 0 Å². The molecule has 1 heterocycles. The van der Waals surface area contributed by atoms with E-state index in [9.17, 15) is 18.0 Å². The van der Waals surface area contributed by atoms with E-state index in [-0.39, 0.29) is 34.4 Å². The van der Waals surface area contributed by atoms with E-state index < -0.39 is 15.1 Å². The molecule has 1 saturated carbocycles. The first-order valence-electron chi connectivity index (χ1n) is 10.4. The minimum absolute atomic E-state index is 0.0614. The molecule has 2 N–H and O–H groups in total. The summed E-state index contributed by atoms with van der Waals surface area (Å²) in [5.41, 5.74) is 0.519. The van der Waals surface area contributed by atoms with Crippen LogP contribution in [-0.4, -0.2) is 36.8 Å². The second kappa shape index (κ2) is 9.51. The van der Waals surface area contributed by atoms with Gasteiger partial charge < -0.3 is 10.6 Å². The number of fused-ring (bicyclic) bond motifs is 1. The molecule has 1 fully saturated rings. The number of hydrogen-bond donors (Lipinski definition) is 2. The van der Waals surface area contributed by atoms with Crippen molar-refractivity contribution < 1.29 is 18.0 Å². The molecule has 160 valence electrons.